The Hall–Kier alpha value is -2.92. The molecule has 176 valence electrons. The van der Waals surface area contributed by atoms with Crippen molar-refractivity contribution in [3.8, 4) is 11.5 Å². The van der Waals surface area contributed by atoms with Gasteiger partial charge in [-0.1, -0.05) is 41.7 Å². The molecule has 0 spiro atoms. The first-order valence-electron chi connectivity index (χ1n) is 10.8. The highest BCUT2D eigenvalue weighted by Gasteiger charge is 2.33. The predicted molar refractivity (Wildman–Crippen MR) is 139 cm³/mol. The van der Waals surface area contributed by atoms with Crippen molar-refractivity contribution in [1.29, 1.82) is 0 Å². The molecular formula is C25H23IN2O5S. The van der Waals surface area contributed by atoms with E-state index in [1.807, 2.05) is 59.8 Å². The van der Waals surface area contributed by atoms with Crippen molar-refractivity contribution in [2.75, 3.05) is 13.2 Å². The van der Waals surface area contributed by atoms with E-state index in [1.165, 1.54) is 11.3 Å². The molecule has 34 heavy (non-hydrogen) atoms. The summed E-state index contributed by atoms with van der Waals surface area (Å²) in [7, 11) is 0. The summed E-state index contributed by atoms with van der Waals surface area (Å²) in [6.07, 6.45) is 1.75. The second-order valence-corrected chi connectivity index (χ2v) is 9.67. The predicted octanol–water partition coefficient (Wildman–Crippen LogP) is 3.51. The molecule has 9 heteroatoms. The Labute approximate surface area is 213 Å². The fraction of sp³-hybridized carbons (Fsp3) is 0.240. The Morgan fingerprint density at radius 3 is 2.65 bits per heavy atom. The van der Waals surface area contributed by atoms with Gasteiger partial charge in [-0.2, -0.15) is 0 Å². The monoisotopic (exact) mass is 590 g/mol. The van der Waals surface area contributed by atoms with E-state index in [0.29, 0.717) is 42.1 Å². The number of esters is 1. The van der Waals surface area contributed by atoms with Gasteiger partial charge in [0.2, 0.25) is 0 Å². The lowest BCUT2D eigenvalue weighted by atomic mass is 9.96. The van der Waals surface area contributed by atoms with Crippen molar-refractivity contribution in [3.63, 3.8) is 0 Å². The molecule has 2 heterocycles. The Kier molecular flexibility index (Phi) is 7.22. The second kappa shape index (κ2) is 10.1. The van der Waals surface area contributed by atoms with Crippen LogP contribution in [0.15, 0.2) is 63.5 Å². The van der Waals surface area contributed by atoms with Crippen LogP contribution in [-0.4, -0.2) is 28.9 Å². The quantitative estimate of drug-likeness (QED) is 0.351. The summed E-state index contributed by atoms with van der Waals surface area (Å²) in [4.78, 5) is 31.6. The lowest BCUT2D eigenvalue weighted by Crippen LogP contribution is -2.39. The van der Waals surface area contributed by atoms with Gasteiger partial charge in [-0.05, 0) is 72.7 Å². The largest absolute Gasteiger partial charge is 0.504 e. The number of carbonyl (C=O) groups excluding carboxylic acids is 1. The van der Waals surface area contributed by atoms with Gasteiger partial charge >= 0.3 is 5.97 Å². The molecule has 1 aromatic heterocycles. The highest BCUT2D eigenvalue weighted by molar-refractivity contribution is 14.1. The first-order valence-corrected chi connectivity index (χ1v) is 12.6. The third-order valence-corrected chi connectivity index (χ3v) is 7.09. The van der Waals surface area contributed by atoms with E-state index in [4.69, 9.17) is 9.47 Å². The number of rotatable bonds is 6. The van der Waals surface area contributed by atoms with Crippen LogP contribution in [0.2, 0.25) is 0 Å². The van der Waals surface area contributed by atoms with Crippen LogP contribution >= 0.6 is 33.9 Å². The molecule has 4 rings (SSSR count). The molecule has 1 atom stereocenters. The van der Waals surface area contributed by atoms with Crippen LogP contribution in [0, 0.1) is 3.57 Å². The van der Waals surface area contributed by atoms with Crippen molar-refractivity contribution in [1.82, 2.24) is 4.57 Å². The first-order chi connectivity index (χ1) is 16.3. The number of ether oxygens (including phenoxy) is 2. The molecule has 3 aromatic rings. The van der Waals surface area contributed by atoms with Crippen molar-refractivity contribution in [3.05, 3.63) is 88.1 Å². The average Bonchev–Trinajstić information content (AvgIpc) is 3.11. The SMILES string of the molecule is CCOC(=O)C1=C(C)N=c2s/c(=C\c3cc(I)c(O)c(OCC)c3)c(=O)n2[C@H]1c1ccccc1. The Bertz CT molecular complexity index is 1460. The molecule has 1 aliphatic heterocycles. The fourth-order valence-electron chi connectivity index (χ4n) is 3.84. The van der Waals surface area contributed by atoms with Crippen LogP contribution in [0.5, 0.6) is 11.5 Å². The minimum atomic E-state index is -0.641. The van der Waals surface area contributed by atoms with E-state index in [1.54, 1.807) is 36.6 Å². The number of nitrogens with zero attached hydrogens (tertiary/aromatic N) is 2. The second-order valence-electron chi connectivity index (χ2n) is 7.50. The summed E-state index contributed by atoms with van der Waals surface area (Å²) in [6.45, 7) is 5.97. The van der Waals surface area contributed by atoms with Gasteiger partial charge in [0.25, 0.3) is 5.56 Å². The number of phenols is 1. The molecule has 1 aliphatic rings. The molecule has 1 N–H and O–H groups in total. The topological polar surface area (TPSA) is 90.1 Å². The Balaban J connectivity index is 1.93. The van der Waals surface area contributed by atoms with Crippen molar-refractivity contribution in [2.45, 2.75) is 26.8 Å². The van der Waals surface area contributed by atoms with E-state index in [2.05, 4.69) is 4.99 Å². The lowest BCUT2D eigenvalue weighted by molar-refractivity contribution is -0.139. The molecule has 0 bridgehead atoms. The number of hydrogen-bond donors (Lipinski definition) is 1. The van der Waals surface area contributed by atoms with Crippen molar-refractivity contribution < 1.29 is 19.4 Å². The number of halogens is 1. The van der Waals surface area contributed by atoms with E-state index in [-0.39, 0.29) is 17.9 Å². The molecule has 0 aliphatic carbocycles. The van der Waals surface area contributed by atoms with Crippen LogP contribution in [0.3, 0.4) is 0 Å². The number of thiazole rings is 1. The van der Waals surface area contributed by atoms with Gasteiger partial charge in [-0.25, -0.2) is 9.79 Å². The van der Waals surface area contributed by atoms with Crippen LogP contribution in [0.25, 0.3) is 6.08 Å². The third-order valence-electron chi connectivity index (χ3n) is 5.28. The van der Waals surface area contributed by atoms with Gasteiger partial charge < -0.3 is 14.6 Å². The zero-order chi connectivity index (χ0) is 24.4. The zero-order valence-corrected chi connectivity index (χ0v) is 21.8. The summed E-state index contributed by atoms with van der Waals surface area (Å²) in [5, 5.41) is 10.2. The minimum Gasteiger partial charge on any atom is -0.504 e. The third kappa shape index (κ3) is 4.54. The van der Waals surface area contributed by atoms with Crippen molar-refractivity contribution in [2.24, 2.45) is 4.99 Å². The summed E-state index contributed by atoms with van der Waals surface area (Å²) in [5.74, 6) is -0.0582. The number of phenolic OH excluding ortho intramolecular Hbond substituents is 1. The van der Waals surface area contributed by atoms with Gasteiger partial charge in [0.05, 0.1) is 38.6 Å². The van der Waals surface area contributed by atoms with Crippen LogP contribution < -0.4 is 19.6 Å². The number of hydrogen-bond acceptors (Lipinski definition) is 7. The van der Waals surface area contributed by atoms with Crippen molar-refractivity contribution >= 4 is 46.0 Å². The highest BCUT2D eigenvalue weighted by Crippen LogP contribution is 2.33. The number of benzene rings is 2. The Morgan fingerprint density at radius 2 is 1.97 bits per heavy atom. The molecule has 0 unspecified atom stereocenters. The first kappa shape index (κ1) is 24.2. The smallest absolute Gasteiger partial charge is 0.338 e. The normalized spacial score (nSPS) is 15.6. The number of allylic oxidation sites excluding steroid dienone is 1. The number of carbonyl (C=O) groups is 1. The molecule has 2 aromatic carbocycles. The standard InChI is InChI=1S/C25H23IN2O5S/c1-4-32-18-12-15(11-17(26)22(18)29)13-19-23(30)28-21(16-9-7-6-8-10-16)20(24(31)33-5-2)14(3)27-25(28)34-19/h6-13,21,29H,4-5H2,1-3H3/b19-13-/t21-/m0/s1. The van der Waals surface area contributed by atoms with Gasteiger partial charge in [0.15, 0.2) is 16.3 Å². The number of aromatic nitrogens is 1. The molecule has 7 nitrogen and oxygen atoms in total. The van der Waals surface area contributed by atoms with E-state index in [0.717, 1.165) is 5.56 Å². The summed E-state index contributed by atoms with van der Waals surface area (Å²) < 4.78 is 13.5. The minimum absolute atomic E-state index is 0.0693. The molecule has 0 saturated heterocycles. The average molecular weight is 590 g/mol. The van der Waals surface area contributed by atoms with E-state index >= 15 is 0 Å². The van der Waals surface area contributed by atoms with Gasteiger partial charge in [-0.15, -0.1) is 0 Å². The van der Waals surface area contributed by atoms with E-state index < -0.39 is 12.0 Å². The number of fused-ring (bicyclic) bond motifs is 1. The molecular weight excluding hydrogens is 567 g/mol. The summed E-state index contributed by atoms with van der Waals surface area (Å²) >= 11 is 3.28. The number of aromatic hydroxyl groups is 1. The summed E-state index contributed by atoms with van der Waals surface area (Å²) in [5.41, 5.74) is 2.13. The lowest BCUT2D eigenvalue weighted by Gasteiger charge is -2.24. The highest BCUT2D eigenvalue weighted by atomic mass is 127. The maximum atomic E-state index is 13.6. The fourth-order valence-corrected chi connectivity index (χ4v) is 5.51. The van der Waals surface area contributed by atoms with Crippen LogP contribution in [0.1, 0.15) is 37.9 Å². The molecule has 0 fully saturated rings. The molecule has 0 amide bonds. The summed E-state index contributed by atoms with van der Waals surface area (Å²) in [6, 6.07) is 12.2. The van der Waals surface area contributed by atoms with Crippen LogP contribution in [-0.2, 0) is 9.53 Å². The molecule has 0 radical (unpaired) electrons. The van der Waals surface area contributed by atoms with Gasteiger partial charge in [0, 0.05) is 0 Å². The van der Waals surface area contributed by atoms with Crippen LogP contribution in [0.4, 0.5) is 0 Å². The van der Waals surface area contributed by atoms with Gasteiger partial charge in [-0.3, -0.25) is 9.36 Å². The zero-order valence-electron chi connectivity index (χ0n) is 18.9. The Morgan fingerprint density at radius 1 is 1.24 bits per heavy atom. The van der Waals surface area contributed by atoms with E-state index in [9.17, 15) is 14.7 Å². The maximum Gasteiger partial charge on any atom is 0.338 e. The molecule has 0 saturated carbocycles. The van der Waals surface area contributed by atoms with Gasteiger partial charge in [0.1, 0.15) is 0 Å². The maximum absolute atomic E-state index is 13.6.